The van der Waals surface area contributed by atoms with Gasteiger partial charge in [0.05, 0.1) is 16.8 Å². The molecule has 0 aliphatic carbocycles. The highest BCUT2D eigenvalue weighted by atomic mass is 19.4. The van der Waals surface area contributed by atoms with Crippen LogP contribution in [0.5, 0.6) is 0 Å². The van der Waals surface area contributed by atoms with Gasteiger partial charge in [0.1, 0.15) is 0 Å². The van der Waals surface area contributed by atoms with Crippen molar-refractivity contribution in [1.82, 2.24) is 14.9 Å². The average Bonchev–Trinajstić information content (AvgIpc) is 2.62. The zero-order valence-electron chi connectivity index (χ0n) is 14.1. The third-order valence-corrected chi connectivity index (χ3v) is 4.17. The fraction of sp³-hybridized carbons (Fsp3) is 0.353. The largest absolute Gasteiger partial charge is 0.418 e. The van der Waals surface area contributed by atoms with Crippen LogP contribution in [0.1, 0.15) is 15.9 Å². The molecule has 1 amide bonds. The molecule has 0 saturated carbocycles. The van der Waals surface area contributed by atoms with Gasteiger partial charge in [-0.1, -0.05) is 12.1 Å². The van der Waals surface area contributed by atoms with Crippen LogP contribution in [0.15, 0.2) is 36.7 Å². The van der Waals surface area contributed by atoms with Gasteiger partial charge in [-0.3, -0.25) is 4.79 Å². The normalized spacial score (nSPS) is 15.8. The number of likely N-dealkylation sites (N-methyl/N-ethyl adjacent to an activating group) is 1. The van der Waals surface area contributed by atoms with Gasteiger partial charge in [-0.2, -0.15) is 13.2 Å². The highest BCUT2D eigenvalue weighted by Gasteiger charge is 2.33. The fourth-order valence-corrected chi connectivity index (χ4v) is 2.64. The van der Waals surface area contributed by atoms with Gasteiger partial charge in [-0.05, 0) is 19.2 Å². The van der Waals surface area contributed by atoms with E-state index in [-0.39, 0.29) is 11.3 Å². The lowest BCUT2D eigenvalue weighted by Gasteiger charge is -2.32. The molecule has 0 atom stereocenters. The van der Waals surface area contributed by atoms with Crippen molar-refractivity contribution in [3.8, 4) is 0 Å². The summed E-state index contributed by atoms with van der Waals surface area (Å²) in [4.78, 5) is 24.8. The summed E-state index contributed by atoms with van der Waals surface area (Å²) in [5.74, 6) is -0.183. The van der Waals surface area contributed by atoms with E-state index >= 15 is 0 Å². The zero-order valence-corrected chi connectivity index (χ0v) is 14.1. The molecule has 0 unspecified atom stereocenters. The van der Waals surface area contributed by atoms with Crippen molar-refractivity contribution in [3.05, 3.63) is 47.8 Å². The standard InChI is InChI=1S/C17H18F3N5O/c1-24-6-8-25(9-7-24)16-21-10-12(11-22-16)15(26)23-14-5-3-2-4-13(14)17(18,19)20/h2-5,10-11H,6-9H2,1H3,(H,23,26). The van der Waals surface area contributed by atoms with Crippen molar-refractivity contribution < 1.29 is 18.0 Å². The quantitative estimate of drug-likeness (QED) is 0.906. The number of nitrogens with one attached hydrogen (secondary N) is 1. The first-order valence-electron chi connectivity index (χ1n) is 8.08. The van der Waals surface area contributed by atoms with Gasteiger partial charge in [-0.15, -0.1) is 0 Å². The van der Waals surface area contributed by atoms with Crippen molar-refractivity contribution in [3.63, 3.8) is 0 Å². The molecule has 1 aromatic heterocycles. The number of piperazine rings is 1. The number of rotatable bonds is 3. The molecule has 9 heteroatoms. The van der Waals surface area contributed by atoms with Crippen molar-refractivity contribution in [2.24, 2.45) is 0 Å². The van der Waals surface area contributed by atoms with E-state index in [2.05, 4.69) is 20.2 Å². The first-order valence-corrected chi connectivity index (χ1v) is 8.08. The first kappa shape index (κ1) is 18.1. The maximum atomic E-state index is 13.0. The molecule has 1 fully saturated rings. The highest BCUT2D eigenvalue weighted by Crippen LogP contribution is 2.34. The van der Waals surface area contributed by atoms with Crippen LogP contribution in [0.3, 0.4) is 0 Å². The molecule has 0 bridgehead atoms. The molecule has 1 aliphatic heterocycles. The lowest BCUT2D eigenvalue weighted by atomic mass is 10.1. The lowest BCUT2D eigenvalue weighted by Crippen LogP contribution is -2.45. The molecule has 26 heavy (non-hydrogen) atoms. The first-order chi connectivity index (χ1) is 12.3. The molecule has 0 spiro atoms. The van der Waals surface area contributed by atoms with Crippen LogP contribution >= 0.6 is 0 Å². The third-order valence-electron chi connectivity index (χ3n) is 4.17. The van der Waals surface area contributed by atoms with Crippen LogP contribution in [-0.2, 0) is 6.18 Å². The number of nitrogens with zero attached hydrogens (tertiary/aromatic N) is 4. The summed E-state index contributed by atoms with van der Waals surface area (Å²) in [6.45, 7) is 3.33. The predicted molar refractivity (Wildman–Crippen MR) is 91.1 cm³/mol. The maximum absolute atomic E-state index is 13.0. The summed E-state index contributed by atoms with van der Waals surface area (Å²) in [5.41, 5.74) is -1.10. The number of hydrogen-bond donors (Lipinski definition) is 1. The minimum absolute atomic E-state index is 0.0971. The van der Waals surface area contributed by atoms with E-state index in [9.17, 15) is 18.0 Å². The van der Waals surface area contributed by atoms with E-state index < -0.39 is 17.6 Å². The van der Waals surface area contributed by atoms with Gasteiger partial charge in [-0.25, -0.2) is 9.97 Å². The Bertz CT molecular complexity index is 771. The number of carbonyl (C=O) groups excluding carboxylic acids is 1. The molecular formula is C17H18F3N5O. The molecule has 138 valence electrons. The molecule has 1 aliphatic rings. The van der Waals surface area contributed by atoms with Crippen LogP contribution in [-0.4, -0.2) is 54.0 Å². The number of benzene rings is 1. The second-order valence-electron chi connectivity index (χ2n) is 6.06. The molecule has 0 radical (unpaired) electrons. The number of alkyl halides is 3. The monoisotopic (exact) mass is 365 g/mol. The lowest BCUT2D eigenvalue weighted by molar-refractivity contribution is -0.136. The predicted octanol–water partition coefficient (Wildman–Crippen LogP) is 2.50. The minimum Gasteiger partial charge on any atom is -0.338 e. The van der Waals surface area contributed by atoms with Crippen LogP contribution in [0.4, 0.5) is 24.8 Å². The maximum Gasteiger partial charge on any atom is 0.418 e. The number of halogens is 3. The molecule has 2 aromatic rings. The van der Waals surface area contributed by atoms with Crippen LogP contribution in [0, 0.1) is 0 Å². The zero-order chi connectivity index (χ0) is 18.7. The second-order valence-corrected chi connectivity index (χ2v) is 6.06. The Morgan fingerprint density at radius 1 is 1.08 bits per heavy atom. The topological polar surface area (TPSA) is 61.4 Å². The Hall–Kier alpha value is -2.68. The van der Waals surface area contributed by atoms with Gasteiger partial charge < -0.3 is 15.1 Å². The molecular weight excluding hydrogens is 347 g/mol. The Balaban J connectivity index is 1.71. The van der Waals surface area contributed by atoms with Crippen LogP contribution in [0.25, 0.3) is 0 Å². The van der Waals surface area contributed by atoms with Gasteiger partial charge in [0.15, 0.2) is 0 Å². The fourth-order valence-electron chi connectivity index (χ4n) is 2.64. The summed E-state index contributed by atoms with van der Waals surface area (Å²) in [6.07, 6.45) is -1.90. The summed E-state index contributed by atoms with van der Waals surface area (Å²) in [5, 5.41) is 2.28. The molecule has 1 aromatic carbocycles. The Labute approximate surface area is 148 Å². The minimum atomic E-state index is -4.55. The molecule has 1 saturated heterocycles. The second kappa shape index (κ2) is 7.28. The molecule has 1 N–H and O–H groups in total. The number of carbonyl (C=O) groups is 1. The number of aromatic nitrogens is 2. The van der Waals surface area contributed by atoms with Crippen molar-refractivity contribution in [2.75, 3.05) is 43.4 Å². The van der Waals surface area contributed by atoms with E-state index in [1.165, 1.54) is 30.6 Å². The molecule has 3 rings (SSSR count). The van der Waals surface area contributed by atoms with Crippen molar-refractivity contribution >= 4 is 17.5 Å². The summed E-state index contributed by atoms with van der Waals surface area (Å²) >= 11 is 0. The Kier molecular flexibility index (Phi) is 5.08. The number of hydrogen-bond acceptors (Lipinski definition) is 5. The molecule has 2 heterocycles. The summed E-state index contributed by atoms with van der Waals surface area (Å²) < 4.78 is 39.0. The average molecular weight is 365 g/mol. The summed E-state index contributed by atoms with van der Waals surface area (Å²) in [7, 11) is 2.03. The van der Waals surface area contributed by atoms with E-state index in [0.29, 0.717) is 5.95 Å². The Morgan fingerprint density at radius 2 is 1.69 bits per heavy atom. The van der Waals surface area contributed by atoms with Crippen molar-refractivity contribution in [1.29, 1.82) is 0 Å². The number of amides is 1. The van der Waals surface area contributed by atoms with Crippen molar-refractivity contribution in [2.45, 2.75) is 6.18 Å². The number of anilines is 2. The summed E-state index contributed by atoms with van der Waals surface area (Å²) in [6, 6.07) is 4.83. The Morgan fingerprint density at radius 3 is 2.31 bits per heavy atom. The van der Waals surface area contributed by atoms with Gasteiger partial charge in [0, 0.05) is 38.6 Å². The van der Waals surface area contributed by atoms with E-state index in [1.54, 1.807) is 0 Å². The third kappa shape index (κ3) is 4.10. The van der Waals surface area contributed by atoms with Crippen LogP contribution < -0.4 is 10.2 Å². The van der Waals surface area contributed by atoms with E-state index in [4.69, 9.17) is 0 Å². The van der Waals surface area contributed by atoms with Gasteiger partial charge in [0.2, 0.25) is 5.95 Å². The molecule has 6 nitrogen and oxygen atoms in total. The highest BCUT2D eigenvalue weighted by molar-refractivity contribution is 6.04. The van der Waals surface area contributed by atoms with Gasteiger partial charge >= 0.3 is 6.18 Å². The van der Waals surface area contributed by atoms with E-state index in [1.807, 2.05) is 11.9 Å². The smallest absolute Gasteiger partial charge is 0.338 e. The van der Waals surface area contributed by atoms with E-state index in [0.717, 1.165) is 32.2 Å². The van der Waals surface area contributed by atoms with Crippen LogP contribution in [0.2, 0.25) is 0 Å². The van der Waals surface area contributed by atoms with Gasteiger partial charge in [0.25, 0.3) is 5.91 Å². The number of para-hydroxylation sites is 1. The SMILES string of the molecule is CN1CCN(c2ncc(C(=O)Nc3ccccc3C(F)(F)F)cn2)CC1.